The van der Waals surface area contributed by atoms with Crippen molar-refractivity contribution in [3.05, 3.63) is 46.2 Å². The lowest BCUT2D eigenvalue weighted by molar-refractivity contribution is 0.154. The molecule has 1 N–H and O–H groups in total. The molecular weight excluding hydrogens is 256 g/mol. The molecule has 0 spiro atoms. The maximum atomic E-state index is 4.34. The molecule has 4 nitrogen and oxygen atoms in total. The fourth-order valence-electron chi connectivity index (χ4n) is 2.50. The molecule has 1 saturated heterocycles. The van der Waals surface area contributed by atoms with Crippen LogP contribution in [-0.2, 0) is 6.54 Å². The standard InChI is InChI=1S/C14H18N4S/c1-11-14(19-10-17-11)9-18-6-5-16-8-13(18)12-3-2-4-15-7-12/h2-4,7,10,13,16H,5-6,8-9H2,1H3. The summed E-state index contributed by atoms with van der Waals surface area (Å²) in [7, 11) is 0. The third-order valence-corrected chi connectivity index (χ3v) is 4.53. The number of nitrogens with zero attached hydrogens (tertiary/aromatic N) is 3. The van der Waals surface area contributed by atoms with Gasteiger partial charge in [-0.1, -0.05) is 6.07 Å². The number of thiazole rings is 1. The van der Waals surface area contributed by atoms with Crippen LogP contribution in [0.2, 0.25) is 0 Å². The first-order valence-electron chi connectivity index (χ1n) is 6.58. The van der Waals surface area contributed by atoms with Gasteiger partial charge < -0.3 is 5.32 Å². The van der Waals surface area contributed by atoms with Crippen LogP contribution in [0, 0.1) is 6.92 Å². The van der Waals surface area contributed by atoms with E-state index in [0.29, 0.717) is 6.04 Å². The van der Waals surface area contributed by atoms with Crippen molar-refractivity contribution in [3.63, 3.8) is 0 Å². The Bertz CT molecular complexity index is 525. The average molecular weight is 274 g/mol. The number of hydrogen-bond acceptors (Lipinski definition) is 5. The Morgan fingerprint density at radius 1 is 1.53 bits per heavy atom. The molecule has 1 aliphatic rings. The Labute approximate surface area is 117 Å². The van der Waals surface area contributed by atoms with Crippen LogP contribution >= 0.6 is 11.3 Å². The molecule has 1 atom stereocenters. The molecule has 19 heavy (non-hydrogen) atoms. The summed E-state index contributed by atoms with van der Waals surface area (Å²) in [5.41, 5.74) is 4.39. The highest BCUT2D eigenvalue weighted by Crippen LogP contribution is 2.25. The molecule has 0 aromatic carbocycles. The molecule has 1 unspecified atom stereocenters. The van der Waals surface area contributed by atoms with Crippen molar-refractivity contribution < 1.29 is 0 Å². The van der Waals surface area contributed by atoms with Crippen molar-refractivity contribution in [1.82, 2.24) is 20.2 Å². The van der Waals surface area contributed by atoms with Gasteiger partial charge in [-0.2, -0.15) is 0 Å². The Kier molecular flexibility index (Phi) is 3.87. The van der Waals surface area contributed by atoms with E-state index in [1.54, 1.807) is 11.3 Å². The van der Waals surface area contributed by atoms with Gasteiger partial charge in [-0.05, 0) is 18.6 Å². The number of rotatable bonds is 3. The predicted octanol–water partition coefficient (Wildman–Crippen LogP) is 1.99. The summed E-state index contributed by atoms with van der Waals surface area (Å²) in [6.45, 7) is 6.18. The Hall–Kier alpha value is -1.30. The van der Waals surface area contributed by atoms with Crippen LogP contribution in [0.5, 0.6) is 0 Å². The van der Waals surface area contributed by atoms with E-state index in [1.807, 2.05) is 24.0 Å². The lowest BCUT2D eigenvalue weighted by Crippen LogP contribution is -2.45. The molecule has 5 heteroatoms. The minimum absolute atomic E-state index is 0.406. The number of piperazine rings is 1. The summed E-state index contributed by atoms with van der Waals surface area (Å²) in [4.78, 5) is 12.5. The van der Waals surface area contributed by atoms with Gasteiger partial charge in [-0.15, -0.1) is 11.3 Å². The van der Waals surface area contributed by atoms with E-state index < -0.39 is 0 Å². The van der Waals surface area contributed by atoms with Crippen LogP contribution in [0.25, 0.3) is 0 Å². The average Bonchev–Trinajstić information content (AvgIpc) is 2.86. The van der Waals surface area contributed by atoms with E-state index in [0.717, 1.165) is 31.9 Å². The lowest BCUT2D eigenvalue weighted by atomic mass is 10.1. The van der Waals surface area contributed by atoms with Gasteiger partial charge in [0.2, 0.25) is 0 Å². The smallest absolute Gasteiger partial charge is 0.0798 e. The molecule has 3 heterocycles. The number of aryl methyl sites for hydroxylation is 1. The van der Waals surface area contributed by atoms with Crippen molar-refractivity contribution in [2.45, 2.75) is 19.5 Å². The predicted molar refractivity (Wildman–Crippen MR) is 77.1 cm³/mol. The van der Waals surface area contributed by atoms with Crippen LogP contribution < -0.4 is 5.32 Å². The van der Waals surface area contributed by atoms with Gasteiger partial charge in [0.15, 0.2) is 0 Å². The molecule has 0 radical (unpaired) electrons. The SMILES string of the molecule is Cc1ncsc1CN1CCNCC1c1cccnc1. The van der Waals surface area contributed by atoms with E-state index >= 15 is 0 Å². The zero-order chi connectivity index (χ0) is 13.1. The highest BCUT2D eigenvalue weighted by atomic mass is 32.1. The van der Waals surface area contributed by atoms with Crippen molar-refractivity contribution >= 4 is 11.3 Å². The maximum Gasteiger partial charge on any atom is 0.0798 e. The lowest BCUT2D eigenvalue weighted by Gasteiger charge is -2.36. The first kappa shape index (κ1) is 12.7. The highest BCUT2D eigenvalue weighted by Gasteiger charge is 2.24. The fraction of sp³-hybridized carbons (Fsp3) is 0.429. The van der Waals surface area contributed by atoms with Crippen molar-refractivity contribution in [2.24, 2.45) is 0 Å². The molecule has 0 bridgehead atoms. The highest BCUT2D eigenvalue weighted by molar-refractivity contribution is 7.09. The van der Waals surface area contributed by atoms with E-state index in [2.05, 4.69) is 33.2 Å². The van der Waals surface area contributed by atoms with Crippen LogP contribution in [-0.4, -0.2) is 34.5 Å². The second kappa shape index (κ2) is 5.77. The molecule has 1 fully saturated rings. The normalized spacial score (nSPS) is 20.6. The second-order valence-electron chi connectivity index (χ2n) is 4.84. The number of hydrogen-bond donors (Lipinski definition) is 1. The molecule has 3 rings (SSSR count). The Morgan fingerprint density at radius 3 is 3.21 bits per heavy atom. The van der Waals surface area contributed by atoms with Crippen molar-refractivity contribution in [2.75, 3.05) is 19.6 Å². The largest absolute Gasteiger partial charge is 0.314 e. The number of nitrogens with one attached hydrogen (secondary N) is 1. The van der Waals surface area contributed by atoms with Crippen molar-refractivity contribution in [1.29, 1.82) is 0 Å². The minimum Gasteiger partial charge on any atom is -0.314 e. The van der Waals surface area contributed by atoms with E-state index in [1.165, 1.54) is 10.4 Å². The van der Waals surface area contributed by atoms with Gasteiger partial charge >= 0.3 is 0 Å². The Balaban J connectivity index is 1.80. The summed E-state index contributed by atoms with van der Waals surface area (Å²) in [6, 6.07) is 4.58. The minimum atomic E-state index is 0.406. The maximum absolute atomic E-state index is 4.34. The van der Waals surface area contributed by atoms with Crippen LogP contribution in [0.4, 0.5) is 0 Å². The van der Waals surface area contributed by atoms with Crippen LogP contribution in [0.3, 0.4) is 0 Å². The molecule has 0 aliphatic carbocycles. The monoisotopic (exact) mass is 274 g/mol. The summed E-state index contributed by atoms with van der Waals surface area (Å²) in [6.07, 6.45) is 3.81. The quantitative estimate of drug-likeness (QED) is 0.929. The second-order valence-corrected chi connectivity index (χ2v) is 5.78. The zero-order valence-electron chi connectivity index (χ0n) is 11.0. The van der Waals surface area contributed by atoms with Crippen LogP contribution in [0.1, 0.15) is 22.2 Å². The van der Waals surface area contributed by atoms with Crippen molar-refractivity contribution in [3.8, 4) is 0 Å². The van der Waals surface area contributed by atoms with Gasteiger partial charge in [0, 0.05) is 49.5 Å². The van der Waals surface area contributed by atoms with E-state index in [9.17, 15) is 0 Å². The summed E-state index contributed by atoms with van der Waals surface area (Å²) < 4.78 is 0. The van der Waals surface area contributed by atoms with Gasteiger partial charge in [-0.3, -0.25) is 9.88 Å². The zero-order valence-corrected chi connectivity index (χ0v) is 11.9. The molecule has 1 aliphatic heterocycles. The summed E-state index contributed by atoms with van der Waals surface area (Å²) >= 11 is 1.75. The molecule has 0 saturated carbocycles. The molecule has 100 valence electrons. The molecular formula is C14H18N4S. The molecule has 2 aromatic heterocycles. The van der Waals surface area contributed by atoms with Gasteiger partial charge in [0.05, 0.1) is 11.2 Å². The first-order chi connectivity index (χ1) is 9.34. The van der Waals surface area contributed by atoms with Gasteiger partial charge in [-0.25, -0.2) is 4.98 Å². The fourth-order valence-corrected chi connectivity index (χ4v) is 3.30. The van der Waals surface area contributed by atoms with Gasteiger partial charge in [0.25, 0.3) is 0 Å². The Morgan fingerprint density at radius 2 is 2.47 bits per heavy atom. The van der Waals surface area contributed by atoms with Gasteiger partial charge in [0.1, 0.15) is 0 Å². The first-order valence-corrected chi connectivity index (χ1v) is 7.46. The topological polar surface area (TPSA) is 41.1 Å². The number of pyridine rings is 1. The molecule has 0 amide bonds. The summed E-state index contributed by atoms with van der Waals surface area (Å²) in [5.74, 6) is 0. The third-order valence-electron chi connectivity index (χ3n) is 3.61. The molecule has 2 aromatic rings. The van der Waals surface area contributed by atoms with E-state index in [-0.39, 0.29) is 0 Å². The van der Waals surface area contributed by atoms with Crippen LogP contribution in [0.15, 0.2) is 30.0 Å². The third kappa shape index (κ3) is 2.83. The number of aromatic nitrogens is 2. The van der Waals surface area contributed by atoms with E-state index in [4.69, 9.17) is 0 Å². The summed E-state index contributed by atoms with van der Waals surface area (Å²) in [5, 5.41) is 3.48.